The molecule has 0 bridgehead atoms. The van der Waals surface area contributed by atoms with Crippen LogP contribution in [0.3, 0.4) is 0 Å². The lowest BCUT2D eigenvalue weighted by Gasteiger charge is -2.33. The highest BCUT2D eigenvalue weighted by Gasteiger charge is 2.29. The Morgan fingerprint density at radius 2 is 1.89 bits per heavy atom. The molecule has 0 aliphatic rings. The largest absolute Gasteiger partial charge is 0.444 e. The topological polar surface area (TPSA) is 91.2 Å². The molecular weight excluding hydrogens is 342 g/mol. The van der Waals surface area contributed by atoms with Crippen molar-refractivity contribution < 1.29 is 14.3 Å². The van der Waals surface area contributed by atoms with Crippen LogP contribution < -0.4 is 10.6 Å². The average molecular weight is 371 g/mol. The van der Waals surface area contributed by atoms with E-state index in [1.807, 2.05) is 19.9 Å². The van der Waals surface area contributed by atoms with E-state index in [-0.39, 0.29) is 12.5 Å². The number of nitriles is 1. The standard InChI is InChI=1S/C21H29N3O3/c1-6-21(7-2,15-23-19(26)27-20(3,4)5)24-18(25)12-11-16-9-8-10-17(13-16)14-22/h8-13H,6-7,15H2,1-5H3,(H,23,26)(H,24,25)/b12-11+. The van der Waals surface area contributed by atoms with Crippen LogP contribution in [0.4, 0.5) is 4.79 Å². The molecule has 146 valence electrons. The number of carbonyl (C=O) groups excluding carboxylic acids is 2. The highest BCUT2D eigenvalue weighted by Crippen LogP contribution is 2.15. The van der Waals surface area contributed by atoms with Gasteiger partial charge in [-0.25, -0.2) is 4.79 Å². The molecule has 0 saturated carbocycles. The van der Waals surface area contributed by atoms with Gasteiger partial charge < -0.3 is 15.4 Å². The minimum absolute atomic E-state index is 0.257. The maximum Gasteiger partial charge on any atom is 0.407 e. The monoisotopic (exact) mass is 371 g/mol. The predicted molar refractivity (Wildman–Crippen MR) is 106 cm³/mol. The predicted octanol–water partition coefficient (Wildman–Crippen LogP) is 3.77. The molecule has 0 atom stereocenters. The van der Waals surface area contributed by atoms with Gasteiger partial charge in [0.15, 0.2) is 0 Å². The summed E-state index contributed by atoms with van der Waals surface area (Å²) in [6, 6.07) is 9.07. The van der Waals surface area contributed by atoms with Gasteiger partial charge in [-0.1, -0.05) is 26.0 Å². The molecule has 6 nitrogen and oxygen atoms in total. The molecule has 0 radical (unpaired) electrons. The van der Waals surface area contributed by atoms with Crippen molar-refractivity contribution >= 4 is 18.1 Å². The second-order valence-electron chi connectivity index (χ2n) is 7.40. The Bertz CT molecular complexity index is 723. The van der Waals surface area contributed by atoms with Gasteiger partial charge in [0.05, 0.1) is 17.2 Å². The van der Waals surface area contributed by atoms with E-state index >= 15 is 0 Å². The zero-order valence-corrected chi connectivity index (χ0v) is 16.8. The van der Waals surface area contributed by atoms with Gasteiger partial charge in [-0.05, 0) is 57.4 Å². The van der Waals surface area contributed by atoms with Gasteiger partial charge in [-0.15, -0.1) is 0 Å². The number of hydrogen-bond donors (Lipinski definition) is 2. The Kier molecular flexibility index (Phi) is 8.04. The molecular formula is C21H29N3O3. The van der Waals surface area contributed by atoms with Crippen molar-refractivity contribution in [3.63, 3.8) is 0 Å². The van der Waals surface area contributed by atoms with E-state index in [1.165, 1.54) is 6.08 Å². The number of ether oxygens (including phenoxy) is 1. The van der Waals surface area contributed by atoms with Crippen molar-refractivity contribution in [2.75, 3.05) is 6.54 Å². The summed E-state index contributed by atoms with van der Waals surface area (Å²) in [4.78, 5) is 24.3. The Morgan fingerprint density at radius 1 is 1.22 bits per heavy atom. The van der Waals surface area contributed by atoms with E-state index in [2.05, 4.69) is 16.7 Å². The van der Waals surface area contributed by atoms with E-state index in [0.717, 1.165) is 5.56 Å². The van der Waals surface area contributed by atoms with Gasteiger partial charge in [-0.2, -0.15) is 5.26 Å². The van der Waals surface area contributed by atoms with E-state index in [0.29, 0.717) is 18.4 Å². The number of hydrogen-bond acceptors (Lipinski definition) is 4. The third-order valence-electron chi connectivity index (χ3n) is 4.15. The number of carbonyl (C=O) groups is 2. The first-order valence-electron chi connectivity index (χ1n) is 9.10. The van der Waals surface area contributed by atoms with E-state index in [1.54, 1.807) is 45.0 Å². The molecule has 0 spiro atoms. The van der Waals surface area contributed by atoms with Crippen LogP contribution in [0.2, 0.25) is 0 Å². The van der Waals surface area contributed by atoms with Gasteiger partial charge in [0.25, 0.3) is 0 Å². The van der Waals surface area contributed by atoms with Crippen LogP contribution in [0.5, 0.6) is 0 Å². The number of rotatable bonds is 7. The van der Waals surface area contributed by atoms with Crippen molar-refractivity contribution in [1.82, 2.24) is 10.6 Å². The minimum atomic E-state index is -0.574. The molecule has 0 heterocycles. The lowest BCUT2D eigenvalue weighted by molar-refractivity contribution is -0.118. The molecule has 0 aliphatic carbocycles. The Hall–Kier alpha value is -2.81. The molecule has 27 heavy (non-hydrogen) atoms. The molecule has 0 unspecified atom stereocenters. The molecule has 1 aromatic carbocycles. The first-order chi connectivity index (χ1) is 12.6. The van der Waals surface area contributed by atoms with E-state index < -0.39 is 17.2 Å². The zero-order chi connectivity index (χ0) is 20.5. The Morgan fingerprint density at radius 3 is 2.44 bits per heavy atom. The normalized spacial score (nSPS) is 11.7. The van der Waals surface area contributed by atoms with Crippen LogP contribution in [0.1, 0.15) is 58.6 Å². The smallest absolute Gasteiger partial charge is 0.407 e. The van der Waals surface area contributed by atoms with Gasteiger partial charge in [-0.3, -0.25) is 4.79 Å². The molecule has 2 N–H and O–H groups in total. The average Bonchev–Trinajstić information content (AvgIpc) is 2.62. The van der Waals surface area contributed by atoms with Crippen LogP contribution in [0.25, 0.3) is 6.08 Å². The molecule has 1 rings (SSSR count). The molecule has 0 aliphatic heterocycles. The molecule has 0 aromatic heterocycles. The van der Waals surface area contributed by atoms with Crippen LogP contribution in [-0.2, 0) is 9.53 Å². The second kappa shape index (κ2) is 9.77. The zero-order valence-electron chi connectivity index (χ0n) is 16.8. The first-order valence-corrected chi connectivity index (χ1v) is 9.10. The number of alkyl carbamates (subject to hydrolysis) is 1. The summed E-state index contributed by atoms with van der Waals surface area (Å²) in [5, 5.41) is 14.7. The number of benzene rings is 1. The fourth-order valence-electron chi connectivity index (χ4n) is 2.46. The van der Waals surface area contributed by atoms with Crippen molar-refractivity contribution in [3.05, 3.63) is 41.5 Å². The lowest BCUT2D eigenvalue weighted by Crippen LogP contribution is -2.55. The van der Waals surface area contributed by atoms with Crippen LogP contribution in [-0.4, -0.2) is 29.7 Å². The Labute approximate surface area is 161 Å². The fraction of sp³-hybridized carbons (Fsp3) is 0.476. The van der Waals surface area contributed by atoms with E-state index in [9.17, 15) is 9.59 Å². The van der Waals surface area contributed by atoms with Crippen molar-refractivity contribution in [3.8, 4) is 6.07 Å². The molecule has 1 aromatic rings. The SMILES string of the molecule is CCC(CC)(CNC(=O)OC(C)(C)C)NC(=O)/C=C/c1cccc(C#N)c1. The highest BCUT2D eigenvalue weighted by molar-refractivity contribution is 5.92. The van der Waals surface area contributed by atoms with Gasteiger partial charge in [0.1, 0.15) is 5.60 Å². The number of nitrogens with zero attached hydrogens (tertiary/aromatic N) is 1. The Balaban J connectivity index is 2.74. The van der Waals surface area contributed by atoms with Gasteiger partial charge >= 0.3 is 6.09 Å². The third-order valence-corrected chi connectivity index (χ3v) is 4.15. The summed E-state index contributed by atoms with van der Waals surface area (Å²) in [7, 11) is 0. The summed E-state index contributed by atoms with van der Waals surface area (Å²) in [5.41, 5.74) is 0.173. The maximum atomic E-state index is 12.4. The maximum absolute atomic E-state index is 12.4. The lowest BCUT2D eigenvalue weighted by atomic mass is 9.92. The molecule has 2 amide bonds. The number of amides is 2. The summed E-state index contributed by atoms with van der Waals surface area (Å²) >= 11 is 0. The second-order valence-corrected chi connectivity index (χ2v) is 7.40. The molecule has 0 fully saturated rings. The van der Waals surface area contributed by atoms with Crippen LogP contribution in [0, 0.1) is 11.3 Å². The summed E-state index contributed by atoms with van der Waals surface area (Å²) in [6.07, 6.45) is 3.90. The summed E-state index contributed by atoms with van der Waals surface area (Å²) in [6.45, 7) is 9.59. The minimum Gasteiger partial charge on any atom is -0.444 e. The van der Waals surface area contributed by atoms with E-state index in [4.69, 9.17) is 10.00 Å². The van der Waals surface area contributed by atoms with Crippen LogP contribution in [0.15, 0.2) is 30.3 Å². The number of nitrogens with one attached hydrogen (secondary N) is 2. The fourth-order valence-corrected chi connectivity index (χ4v) is 2.46. The summed E-state index contributed by atoms with van der Waals surface area (Å²) < 4.78 is 5.25. The quantitative estimate of drug-likeness (QED) is 0.714. The van der Waals surface area contributed by atoms with Crippen molar-refractivity contribution in [1.29, 1.82) is 5.26 Å². The van der Waals surface area contributed by atoms with Gasteiger partial charge in [0, 0.05) is 12.6 Å². The molecule has 6 heteroatoms. The van der Waals surface area contributed by atoms with Crippen molar-refractivity contribution in [2.24, 2.45) is 0 Å². The highest BCUT2D eigenvalue weighted by atomic mass is 16.6. The van der Waals surface area contributed by atoms with Gasteiger partial charge in [0.2, 0.25) is 5.91 Å². The third kappa shape index (κ3) is 7.95. The van der Waals surface area contributed by atoms with Crippen molar-refractivity contribution in [2.45, 2.75) is 58.6 Å². The summed E-state index contributed by atoms with van der Waals surface area (Å²) in [5.74, 6) is -0.257. The first kappa shape index (κ1) is 22.2. The van der Waals surface area contributed by atoms with Crippen LogP contribution >= 0.6 is 0 Å². The molecule has 0 saturated heterocycles.